The standard InChI is InChI=1S/C49H76N2O6S/c1-5-7-9-11-13-15-17-19-21-23-44(53)56-39-27-29-40-37(33-39)25-28-42-41(40)31-32-48(4)46(42)38(26-30-43(52)51-47-50-35-36(3)58-47)34-49(48,55)57-45(54)24-22-20-18-16-14-12-10-8-6-2/h27,29,33,35,38,41-42,46,55H,5-26,28,30-32,34H2,1-4H3,(H,50,51,52)/t38-,41?,42?,46?,48+,49+/m1/s1. The molecule has 3 aliphatic rings. The quantitative estimate of drug-likeness (QED) is 0.0420. The topological polar surface area (TPSA) is 115 Å². The number of hydrogen-bond donors (Lipinski definition) is 2. The molecule has 2 saturated carbocycles. The van der Waals surface area contributed by atoms with E-state index in [1.165, 1.54) is 106 Å². The lowest BCUT2D eigenvalue weighted by molar-refractivity contribution is -0.260. The number of nitrogens with zero attached hydrogens (tertiary/aromatic N) is 1. The number of aromatic nitrogens is 1. The smallest absolute Gasteiger partial charge is 0.311 e. The molecule has 1 aromatic carbocycles. The number of esters is 2. The highest BCUT2D eigenvalue weighted by molar-refractivity contribution is 7.15. The maximum atomic E-state index is 13.4. The van der Waals surface area contributed by atoms with Gasteiger partial charge in [0.15, 0.2) is 5.13 Å². The van der Waals surface area contributed by atoms with E-state index in [1.807, 2.05) is 13.0 Å². The number of amides is 1. The number of thiazole rings is 1. The van der Waals surface area contributed by atoms with Crippen molar-refractivity contribution in [3.8, 4) is 5.75 Å². The fraction of sp³-hybridized carbons (Fsp3) is 0.755. The number of carbonyl (C=O) groups excluding carboxylic acids is 3. The number of nitrogens with one attached hydrogen (secondary N) is 1. The molecule has 1 heterocycles. The van der Waals surface area contributed by atoms with Gasteiger partial charge in [-0.3, -0.25) is 14.4 Å². The number of aryl methyl sites for hydroxylation is 2. The molecular formula is C49H76N2O6S. The average molecular weight is 821 g/mol. The number of benzene rings is 1. The molecule has 2 fully saturated rings. The summed E-state index contributed by atoms with van der Waals surface area (Å²) in [6.45, 7) is 8.60. The van der Waals surface area contributed by atoms with E-state index in [4.69, 9.17) is 9.47 Å². The van der Waals surface area contributed by atoms with Crippen LogP contribution in [0.4, 0.5) is 5.13 Å². The summed E-state index contributed by atoms with van der Waals surface area (Å²) in [6, 6.07) is 6.21. The zero-order valence-corrected chi connectivity index (χ0v) is 37.4. The van der Waals surface area contributed by atoms with Crippen LogP contribution in [0, 0.1) is 30.1 Å². The molecule has 324 valence electrons. The van der Waals surface area contributed by atoms with E-state index in [0.717, 1.165) is 62.7 Å². The number of hydrogen-bond acceptors (Lipinski definition) is 8. The van der Waals surface area contributed by atoms with E-state index in [1.54, 1.807) is 6.20 Å². The highest BCUT2D eigenvalue weighted by atomic mass is 32.1. The Bertz CT molecular complexity index is 1590. The third-order valence-corrected chi connectivity index (χ3v) is 14.8. The van der Waals surface area contributed by atoms with Crippen molar-refractivity contribution in [3.63, 3.8) is 0 Å². The summed E-state index contributed by atoms with van der Waals surface area (Å²) in [5.74, 6) is -0.780. The summed E-state index contributed by atoms with van der Waals surface area (Å²) in [6.07, 6.45) is 28.7. The Balaban J connectivity index is 1.19. The first-order valence-corrected chi connectivity index (χ1v) is 24.4. The highest BCUT2D eigenvalue weighted by Crippen LogP contribution is 2.67. The molecule has 0 aliphatic heterocycles. The van der Waals surface area contributed by atoms with E-state index in [9.17, 15) is 19.5 Å². The molecule has 6 atom stereocenters. The Hall–Kier alpha value is -2.78. The van der Waals surface area contributed by atoms with Crippen LogP contribution >= 0.6 is 11.3 Å². The number of rotatable bonds is 26. The number of carbonyl (C=O) groups is 3. The molecule has 0 spiro atoms. The van der Waals surface area contributed by atoms with Crippen molar-refractivity contribution in [2.24, 2.45) is 23.2 Å². The van der Waals surface area contributed by atoms with Crippen LogP contribution in [0.25, 0.3) is 0 Å². The maximum absolute atomic E-state index is 13.4. The van der Waals surface area contributed by atoms with Crippen LogP contribution in [0.1, 0.15) is 210 Å². The lowest BCUT2D eigenvalue weighted by Gasteiger charge is -2.53. The van der Waals surface area contributed by atoms with Crippen LogP contribution in [0.15, 0.2) is 24.4 Å². The molecule has 3 aliphatic carbocycles. The third-order valence-electron chi connectivity index (χ3n) is 14.0. The monoisotopic (exact) mass is 821 g/mol. The van der Waals surface area contributed by atoms with Crippen LogP contribution in [-0.2, 0) is 25.5 Å². The lowest BCUT2D eigenvalue weighted by Crippen LogP contribution is -2.53. The molecule has 0 saturated heterocycles. The van der Waals surface area contributed by atoms with Crippen molar-refractivity contribution in [2.45, 2.75) is 213 Å². The first-order valence-electron chi connectivity index (χ1n) is 23.6. The Morgan fingerprint density at radius 2 is 1.43 bits per heavy atom. The van der Waals surface area contributed by atoms with Gasteiger partial charge in [-0.05, 0) is 98.8 Å². The van der Waals surface area contributed by atoms with Gasteiger partial charge >= 0.3 is 11.9 Å². The molecule has 58 heavy (non-hydrogen) atoms. The van der Waals surface area contributed by atoms with Gasteiger partial charge < -0.3 is 19.9 Å². The Morgan fingerprint density at radius 3 is 2.03 bits per heavy atom. The van der Waals surface area contributed by atoms with Gasteiger partial charge in [0.1, 0.15) is 5.75 Å². The molecule has 2 aromatic rings. The van der Waals surface area contributed by atoms with Gasteiger partial charge in [0.05, 0.1) is 0 Å². The molecule has 5 rings (SSSR count). The largest absolute Gasteiger partial charge is 0.433 e. The van der Waals surface area contributed by atoms with Gasteiger partial charge in [0.25, 0.3) is 0 Å². The molecule has 3 unspecified atom stereocenters. The predicted molar refractivity (Wildman–Crippen MR) is 235 cm³/mol. The zero-order valence-electron chi connectivity index (χ0n) is 36.6. The average Bonchev–Trinajstić information content (AvgIpc) is 3.71. The molecule has 1 aromatic heterocycles. The number of ether oxygens (including phenoxy) is 2. The van der Waals surface area contributed by atoms with Gasteiger partial charge in [-0.15, -0.1) is 11.3 Å². The molecule has 0 radical (unpaired) electrons. The zero-order chi connectivity index (χ0) is 41.4. The van der Waals surface area contributed by atoms with Crippen LogP contribution in [0.5, 0.6) is 5.75 Å². The first kappa shape index (κ1) is 46.3. The molecule has 8 nitrogen and oxygen atoms in total. The molecule has 0 bridgehead atoms. The summed E-state index contributed by atoms with van der Waals surface area (Å²) >= 11 is 1.46. The van der Waals surface area contributed by atoms with Crippen LogP contribution in [-0.4, -0.2) is 33.7 Å². The predicted octanol–water partition coefficient (Wildman–Crippen LogP) is 12.9. The third kappa shape index (κ3) is 12.9. The maximum Gasteiger partial charge on any atom is 0.311 e. The van der Waals surface area contributed by atoms with Crippen LogP contribution in [0.2, 0.25) is 0 Å². The molecular weight excluding hydrogens is 745 g/mol. The minimum atomic E-state index is -1.57. The summed E-state index contributed by atoms with van der Waals surface area (Å²) in [4.78, 5) is 44.7. The van der Waals surface area contributed by atoms with E-state index in [2.05, 4.69) is 43.2 Å². The Labute approximate surface area is 354 Å². The Kier molecular flexibility index (Phi) is 18.6. The fourth-order valence-corrected chi connectivity index (χ4v) is 11.5. The van der Waals surface area contributed by atoms with E-state index in [0.29, 0.717) is 48.9 Å². The summed E-state index contributed by atoms with van der Waals surface area (Å²) in [7, 11) is 0. The van der Waals surface area contributed by atoms with E-state index in [-0.39, 0.29) is 35.6 Å². The fourth-order valence-electron chi connectivity index (χ4n) is 10.8. The molecule has 1 amide bonds. The van der Waals surface area contributed by atoms with E-state index >= 15 is 0 Å². The van der Waals surface area contributed by atoms with Crippen molar-refractivity contribution in [2.75, 3.05) is 5.32 Å². The summed E-state index contributed by atoms with van der Waals surface area (Å²) in [5, 5.41) is 16.1. The van der Waals surface area contributed by atoms with Gasteiger partial charge in [0.2, 0.25) is 11.7 Å². The van der Waals surface area contributed by atoms with Crippen LogP contribution in [0.3, 0.4) is 0 Å². The highest BCUT2D eigenvalue weighted by Gasteiger charge is 2.67. The lowest BCUT2D eigenvalue weighted by atomic mass is 9.53. The second-order valence-corrected chi connectivity index (χ2v) is 19.6. The first-order chi connectivity index (χ1) is 28.1. The number of unbranched alkanes of at least 4 members (excludes halogenated alkanes) is 16. The summed E-state index contributed by atoms with van der Waals surface area (Å²) < 4.78 is 12.1. The van der Waals surface area contributed by atoms with E-state index < -0.39 is 11.2 Å². The van der Waals surface area contributed by atoms with Crippen LogP contribution < -0.4 is 10.1 Å². The van der Waals surface area contributed by atoms with Gasteiger partial charge in [0, 0.05) is 42.2 Å². The normalized spacial score (nSPS) is 24.8. The second-order valence-electron chi connectivity index (χ2n) is 18.4. The SMILES string of the molecule is CCCCCCCCCCCC(=O)Oc1ccc2c(c1)CCC1C2CC[C@@]2(C)C1[C@H](CCC(=O)Nc1ncc(C)s1)C[C@]2(O)OC(=O)CCCCCCCCCCC. The Morgan fingerprint density at radius 1 is 0.828 bits per heavy atom. The van der Waals surface area contributed by atoms with Crippen molar-refractivity contribution >= 4 is 34.3 Å². The van der Waals surface area contributed by atoms with Gasteiger partial charge in [-0.2, -0.15) is 0 Å². The van der Waals surface area contributed by atoms with Crippen molar-refractivity contribution in [1.29, 1.82) is 0 Å². The molecule has 2 N–H and O–H groups in total. The number of anilines is 1. The minimum absolute atomic E-state index is 0.0231. The van der Waals surface area contributed by atoms with Gasteiger partial charge in [-0.1, -0.05) is 130 Å². The number of aliphatic hydroxyl groups is 1. The molecule has 9 heteroatoms. The van der Waals surface area contributed by atoms with Crippen molar-refractivity contribution < 1.29 is 29.0 Å². The minimum Gasteiger partial charge on any atom is -0.433 e. The van der Waals surface area contributed by atoms with Gasteiger partial charge in [-0.25, -0.2) is 4.98 Å². The second kappa shape index (κ2) is 23.3. The summed E-state index contributed by atoms with van der Waals surface area (Å²) in [5.41, 5.74) is 1.94. The number of fused-ring (bicyclic) bond motifs is 5. The van der Waals surface area contributed by atoms with Crippen molar-refractivity contribution in [1.82, 2.24) is 4.98 Å². The van der Waals surface area contributed by atoms with Crippen molar-refractivity contribution in [3.05, 3.63) is 40.4 Å².